The van der Waals surface area contributed by atoms with Crippen molar-refractivity contribution in [3.8, 4) is 11.5 Å². The largest absolute Gasteiger partial charge is 0.376 e. The van der Waals surface area contributed by atoms with Crippen molar-refractivity contribution in [2.75, 3.05) is 6.61 Å². The zero-order chi connectivity index (χ0) is 11.8. The van der Waals surface area contributed by atoms with Crippen molar-refractivity contribution in [3.63, 3.8) is 0 Å². The fourth-order valence-electron chi connectivity index (χ4n) is 1.77. The number of aromatic nitrogens is 3. The lowest BCUT2D eigenvalue weighted by Gasteiger charge is -2.16. The molecule has 0 atom stereocenters. The van der Waals surface area contributed by atoms with Crippen molar-refractivity contribution in [2.24, 2.45) is 0 Å². The van der Waals surface area contributed by atoms with E-state index in [1.807, 2.05) is 12.3 Å². The van der Waals surface area contributed by atoms with E-state index in [1.165, 1.54) is 0 Å². The molecule has 0 amide bonds. The molecule has 0 fully saturated rings. The number of thiazole rings is 1. The first kappa shape index (κ1) is 11.1. The molecule has 0 N–H and O–H groups in total. The van der Waals surface area contributed by atoms with Gasteiger partial charge in [-0.2, -0.15) is 0 Å². The normalized spacial score (nSPS) is 14.7. The summed E-state index contributed by atoms with van der Waals surface area (Å²) in [5, 5.41) is 3.43. The van der Waals surface area contributed by atoms with E-state index in [0.29, 0.717) is 24.2 Å². The molecule has 3 rings (SSSR count). The summed E-state index contributed by atoms with van der Waals surface area (Å²) in [6.07, 6.45) is 0.785. The van der Waals surface area contributed by atoms with Gasteiger partial charge in [0.2, 0.25) is 0 Å². The predicted molar refractivity (Wildman–Crippen MR) is 66.2 cm³/mol. The van der Waals surface area contributed by atoms with Crippen LogP contribution in [-0.2, 0) is 17.8 Å². The lowest BCUT2D eigenvalue weighted by molar-refractivity contribution is 0.109. The minimum atomic E-state index is 0.482. The van der Waals surface area contributed by atoms with Crippen molar-refractivity contribution in [2.45, 2.75) is 20.0 Å². The number of nitrogens with zero attached hydrogens (tertiary/aromatic N) is 3. The Morgan fingerprint density at radius 3 is 3.00 bits per heavy atom. The van der Waals surface area contributed by atoms with Crippen LogP contribution in [0.1, 0.15) is 16.3 Å². The van der Waals surface area contributed by atoms with E-state index in [9.17, 15) is 0 Å². The lowest BCUT2D eigenvalue weighted by Crippen LogP contribution is -2.14. The second-order valence-electron chi connectivity index (χ2n) is 3.82. The number of hydrogen-bond donors (Lipinski definition) is 0. The van der Waals surface area contributed by atoms with Gasteiger partial charge in [-0.05, 0) is 6.92 Å². The Bertz CT molecular complexity index is 570. The third kappa shape index (κ3) is 2.06. The second kappa shape index (κ2) is 4.33. The van der Waals surface area contributed by atoms with Gasteiger partial charge in [0.1, 0.15) is 10.8 Å². The molecule has 0 saturated heterocycles. The van der Waals surface area contributed by atoms with Crippen LogP contribution in [0.5, 0.6) is 0 Å². The molecule has 4 nitrogen and oxygen atoms in total. The van der Waals surface area contributed by atoms with Crippen LogP contribution in [0.2, 0.25) is 5.15 Å². The van der Waals surface area contributed by atoms with Crippen LogP contribution in [0, 0.1) is 6.92 Å². The molecule has 0 saturated carbocycles. The summed E-state index contributed by atoms with van der Waals surface area (Å²) < 4.78 is 5.35. The third-order valence-corrected chi connectivity index (χ3v) is 3.71. The Balaban J connectivity index is 2.10. The molecule has 0 aromatic carbocycles. The summed E-state index contributed by atoms with van der Waals surface area (Å²) >= 11 is 7.73. The number of hydrogen-bond acceptors (Lipinski definition) is 5. The van der Waals surface area contributed by atoms with Gasteiger partial charge < -0.3 is 4.74 Å². The number of aryl methyl sites for hydroxylation is 1. The first-order chi connectivity index (χ1) is 8.24. The molecule has 0 unspecified atom stereocenters. The lowest BCUT2D eigenvalue weighted by atomic mass is 10.1. The van der Waals surface area contributed by atoms with Gasteiger partial charge in [0, 0.05) is 17.4 Å². The van der Waals surface area contributed by atoms with Gasteiger partial charge in [0.25, 0.3) is 0 Å². The van der Waals surface area contributed by atoms with Crippen LogP contribution < -0.4 is 0 Å². The summed E-state index contributed by atoms with van der Waals surface area (Å²) in [7, 11) is 0. The quantitative estimate of drug-likeness (QED) is 0.746. The topological polar surface area (TPSA) is 47.9 Å². The second-order valence-corrected chi connectivity index (χ2v) is 5.24. The Labute approximate surface area is 108 Å². The third-order valence-electron chi connectivity index (χ3n) is 2.62. The van der Waals surface area contributed by atoms with Gasteiger partial charge in [0.15, 0.2) is 5.82 Å². The zero-order valence-corrected chi connectivity index (χ0v) is 10.8. The number of halogens is 1. The average molecular weight is 268 g/mol. The van der Waals surface area contributed by atoms with Gasteiger partial charge in [-0.15, -0.1) is 11.3 Å². The van der Waals surface area contributed by atoms with E-state index in [-0.39, 0.29) is 0 Å². The Kier molecular flexibility index (Phi) is 2.82. The van der Waals surface area contributed by atoms with Crippen molar-refractivity contribution in [3.05, 3.63) is 26.8 Å². The first-order valence-electron chi connectivity index (χ1n) is 5.29. The van der Waals surface area contributed by atoms with Crippen molar-refractivity contribution in [1.29, 1.82) is 0 Å². The fraction of sp³-hybridized carbons (Fsp3) is 0.364. The highest BCUT2D eigenvalue weighted by atomic mass is 35.5. The molecule has 1 aliphatic rings. The minimum Gasteiger partial charge on any atom is -0.376 e. The zero-order valence-electron chi connectivity index (χ0n) is 9.23. The predicted octanol–water partition coefficient (Wildman–Crippen LogP) is 2.63. The number of rotatable bonds is 1. The van der Waals surface area contributed by atoms with Gasteiger partial charge in [-0.3, -0.25) is 0 Å². The van der Waals surface area contributed by atoms with Gasteiger partial charge in [-0.25, -0.2) is 15.0 Å². The van der Waals surface area contributed by atoms with E-state index in [1.54, 1.807) is 11.3 Å². The molecule has 88 valence electrons. The van der Waals surface area contributed by atoms with Crippen LogP contribution in [0.3, 0.4) is 0 Å². The van der Waals surface area contributed by atoms with E-state index >= 15 is 0 Å². The van der Waals surface area contributed by atoms with Crippen LogP contribution in [0.25, 0.3) is 11.5 Å². The average Bonchev–Trinajstić information content (AvgIpc) is 2.76. The summed E-state index contributed by atoms with van der Waals surface area (Å²) in [6, 6.07) is 0. The smallest absolute Gasteiger partial charge is 0.180 e. The van der Waals surface area contributed by atoms with Crippen molar-refractivity contribution >= 4 is 22.9 Å². The molecule has 0 radical (unpaired) electrons. The maximum atomic E-state index is 6.15. The molecule has 0 spiro atoms. The van der Waals surface area contributed by atoms with E-state index in [4.69, 9.17) is 16.3 Å². The molecule has 2 aromatic rings. The van der Waals surface area contributed by atoms with Crippen LogP contribution >= 0.6 is 22.9 Å². The van der Waals surface area contributed by atoms with Crippen LogP contribution in [0.15, 0.2) is 5.38 Å². The van der Waals surface area contributed by atoms with Gasteiger partial charge in [0.05, 0.1) is 23.9 Å². The monoisotopic (exact) mass is 267 g/mol. The minimum absolute atomic E-state index is 0.482. The Morgan fingerprint density at radius 1 is 1.35 bits per heavy atom. The number of fused-ring (bicyclic) bond motifs is 1. The summed E-state index contributed by atoms with van der Waals surface area (Å²) in [4.78, 5) is 13.2. The van der Waals surface area contributed by atoms with Gasteiger partial charge >= 0.3 is 0 Å². The van der Waals surface area contributed by atoms with Crippen LogP contribution in [-0.4, -0.2) is 21.6 Å². The Morgan fingerprint density at radius 2 is 2.24 bits per heavy atom. The number of ether oxygens (including phenoxy) is 1. The van der Waals surface area contributed by atoms with E-state index in [0.717, 1.165) is 28.4 Å². The highest BCUT2D eigenvalue weighted by Crippen LogP contribution is 2.26. The summed E-state index contributed by atoms with van der Waals surface area (Å²) in [6.45, 7) is 3.16. The van der Waals surface area contributed by atoms with Crippen molar-refractivity contribution in [1.82, 2.24) is 15.0 Å². The van der Waals surface area contributed by atoms with Gasteiger partial charge in [-0.1, -0.05) is 11.6 Å². The summed E-state index contributed by atoms with van der Waals surface area (Å²) in [5.41, 5.74) is 2.69. The molecule has 2 aromatic heterocycles. The maximum Gasteiger partial charge on any atom is 0.180 e. The molecule has 1 aliphatic heterocycles. The van der Waals surface area contributed by atoms with E-state index < -0.39 is 0 Å². The molecule has 0 bridgehead atoms. The molecule has 3 heterocycles. The molecule has 17 heavy (non-hydrogen) atoms. The highest BCUT2D eigenvalue weighted by Gasteiger charge is 2.18. The first-order valence-corrected chi connectivity index (χ1v) is 6.55. The van der Waals surface area contributed by atoms with Crippen LogP contribution in [0.4, 0.5) is 0 Å². The van der Waals surface area contributed by atoms with E-state index in [2.05, 4.69) is 15.0 Å². The fourth-order valence-corrected chi connectivity index (χ4v) is 2.61. The molecular formula is C11H10ClN3OS. The SMILES string of the molecule is Cc1nc(-c2nc(Cl)c3c(n2)CCOC3)cs1. The van der Waals surface area contributed by atoms with Crippen molar-refractivity contribution < 1.29 is 4.74 Å². The maximum absolute atomic E-state index is 6.15. The Hall–Kier alpha value is -1.04. The molecular weight excluding hydrogens is 258 g/mol. The molecule has 6 heteroatoms. The standard InChI is InChI=1S/C11H10ClN3OS/c1-6-13-9(5-17-6)11-14-8-2-3-16-4-7(8)10(12)15-11/h5H,2-4H2,1H3. The molecule has 0 aliphatic carbocycles. The highest BCUT2D eigenvalue weighted by molar-refractivity contribution is 7.09. The summed E-state index contributed by atoms with van der Waals surface area (Å²) in [5.74, 6) is 0.611.